The lowest BCUT2D eigenvalue weighted by Crippen LogP contribution is -2.41. The summed E-state index contributed by atoms with van der Waals surface area (Å²) in [5, 5.41) is 6.93. The number of hydrogen-bond acceptors (Lipinski definition) is 6. The van der Waals surface area contributed by atoms with Crippen LogP contribution in [0.4, 0.5) is 0 Å². The van der Waals surface area contributed by atoms with Gasteiger partial charge < -0.3 is 9.84 Å². The fourth-order valence-electron chi connectivity index (χ4n) is 2.84. The van der Waals surface area contributed by atoms with E-state index < -0.39 is 28.0 Å². The number of benzene rings is 2. The third kappa shape index (κ3) is 5.24. The highest BCUT2D eigenvalue weighted by molar-refractivity contribution is 7.89. The van der Waals surface area contributed by atoms with Crippen LogP contribution in [-0.4, -0.2) is 24.5 Å². The molecule has 0 bridgehead atoms. The number of sulfonamides is 1. The lowest BCUT2D eigenvalue weighted by molar-refractivity contribution is -0.123. The van der Waals surface area contributed by atoms with E-state index in [1.54, 1.807) is 43.3 Å². The van der Waals surface area contributed by atoms with Crippen molar-refractivity contribution in [1.82, 2.24) is 20.2 Å². The van der Waals surface area contributed by atoms with E-state index in [1.165, 1.54) is 18.2 Å². The van der Waals surface area contributed by atoms with Gasteiger partial charge >= 0.3 is 0 Å². The number of nitrogens with zero attached hydrogens (tertiary/aromatic N) is 2. The van der Waals surface area contributed by atoms with Gasteiger partial charge in [0.25, 0.3) is 0 Å². The van der Waals surface area contributed by atoms with E-state index >= 15 is 0 Å². The Hall–Kier alpha value is -2.75. The average Bonchev–Trinajstić information content (AvgIpc) is 3.17. The van der Waals surface area contributed by atoms with Crippen LogP contribution in [0.25, 0.3) is 0 Å². The van der Waals surface area contributed by atoms with Crippen molar-refractivity contribution >= 4 is 27.5 Å². The first-order valence-corrected chi connectivity index (χ1v) is 11.1. The summed E-state index contributed by atoms with van der Waals surface area (Å²) in [5.41, 5.74) is 0.486. The number of halogens is 1. The van der Waals surface area contributed by atoms with Gasteiger partial charge in [0, 0.05) is 11.9 Å². The van der Waals surface area contributed by atoms with E-state index in [0.29, 0.717) is 23.7 Å². The maximum Gasteiger partial charge on any atom is 0.243 e. The summed E-state index contributed by atoms with van der Waals surface area (Å²) in [6.07, 6.45) is 0.493. The Morgan fingerprint density at radius 3 is 2.50 bits per heavy atom. The number of nitrogens with one attached hydrogen (secondary N) is 2. The molecule has 2 atom stereocenters. The molecule has 0 aliphatic rings. The van der Waals surface area contributed by atoms with E-state index in [1.807, 2.05) is 6.92 Å². The topological polar surface area (TPSA) is 114 Å². The van der Waals surface area contributed by atoms with Crippen molar-refractivity contribution in [2.75, 3.05) is 0 Å². The van der Waals surface area contributed by atoms with Crippen molar-refractivity contribution in [2.45, 2.75) is 37.2 Å². The van der Waals surface area contributed by atoms with Gasteiger partial charge in [-0.1, -0.05) is 60.1 Å². The number of carbonyl (C=O) groups excluding carboxylic acids is 1. The van der Waals surface area contributed by atoms with E-state index in [2.05, 4.69) is 20.2 Å². The van der Waals surface area contributed by atoms with Crippen molar-refractivity contribution in [2.24, 2.45) is 0 Å². The highest BCUT2D eigenvalue weighted by atomic mass is 35.5. The summed E-state index contributed by atoms with van der Waals surface area (Å²) in [6.45, 7) is 3.50. The number of carbonyl (C=O) groups is 1. The van der Waals surface area contributed by atoms with Crippen LogP contribution in [-0.2, 0) is 14.8 Å². The minimum absolute atomic E-state index is 0.0374. The van der Waals surface area contributed by atoms with Gasteiger partial charge in [-0.05, 0) is 30.2 Å². The number of aryl methyl sites for hydroxylation is 1. The molecule has 1 heterocycles. The van der Waals surface area contributed by atoms with Crippen LogP contribution in [0.2, 0.25) is 5.02 Å². The molecule has 8 nitrogen and oxygen atoms in total. The molecule has 3 rings (SSSR count). The summed E-state index contributed by atoms with van der Waals surface area (Å²) in [7, 11) is -4.02. The van der Waals surface area contributed by atoms with Gasteiger partial charge in [-0.25, -0.2) is 8.42 Å². The lowest BCUT2D eigenvalue weighted by atomic mass is 10.1. The molecule has 3 aromatic rings. The van der Waals surface area contributed by atoms with Crippen molar-refractivity contribution in [1.29, 1.82) is 0 Å². The molecule has 0 saturated carbocycles. The van der Waals surface area contributed by atoms with Crippen LogP contribution in [0, 0.1) is 6.92 Å². The molecule has 158 valence electrons. The van der Waals surface area contributed by atoms with E-state index in [4.69, 9.17) is 16.1 Å². The third-order valence-corrected chi connectivity index (χ3v) is 6.01. The molecule has 0 spiro atoms. The Labute approximate surface area is 179 Å². The molecule has 0 saturated heterocycles. The van der Waals surface area contributed by atoms with E-state index in [0.717, 1.165) is 0 Å². The third-order valence-electron chi connectivity index (χ3n) is 4.35. The molecule has 0 fully saturated rings. The van der Waals surface area contributed by atoms with Crippen LogP contribution in [0.15, 0.2) is 64.0 Å². The Morgan fingerprint density at radius 1 is 1.17 bits per heavy atom. The van der Waals surface area contributed by atoms with Crippen LogP contribution < -0.4 is 10.0 Å². The maximum absolute atomic E-state index is 13.1. The van der Waals surface area contributed by atoms with Gasteiger partial charge in [-0.2, -0.15) is 9.71 Å². The summed E-state index contributed by atoms with van der Waals surface area (Å²) < 4.78 is 33.3. The fourth-order valence-corrected chi connectivity index (χ4v) is 4.32. The predicted molar refractivity (Wildman–Crippen MR) is 111 cm³/mol. The molecule has 30 heavy (non-hydrogen) atoms. The van der Waals surface area contributed by atoms with Crippen LogP contribution >= 0.6 is 11.6 Å². The first-order valence-electron chi connectivity index (χ1n) is 9.23. The molecule has 2 N–H and O–H groups in total. The molecule has 2 aromatic carbocycles. The second-order valence-corrected chi connectivity index (χ2v) is 8.71. The first-order chi connectivity index (χ1) is 14.3. The van der Waals surface area contributed by atoms with Crippen molar-refractivity contribution < 1.29 is 17.7 Å². The van der Waals surface area contributed by atoms with Gasteiger partial charge in [-0.15, -0.1) is 0 Å². The van der Waals surface area contributed by atoms with Gasteiger partial charge in [0.1, 0.15) is 6.04 Å². The van der Waals surface area contributed by atoms with Crippen molar-refractivity contribution in [3.8, 4) is 0 Å². The summed E-state index contributed by atoms with van der Waals surface area (Å²) in [4.78, 5) is 17.2. The van der Waals surface area contributed by atoms with Crippen LogP contribution in [0.3, 0.4) is 0 Å². The fraction of sp³-hybridized carbons (Fsp3) is 0.250. The normalized spacial score (nSPS) is 13.6. The highest BCUT2D eigenvalue weighted by Crippen LogP contribution is 2.22. The maximum atomic E-state index is 13.1. The number of amides is 1. The summed E-state index contributed by atoms with van der Waals surface area (Å²) in [5.74, 6) is 0.160. The zero-order valence-electron chi connectivity index (χ0n) is 16.4. The zero-order chi connectivity index (χ0) is 21.7. The van der Waals surface area contributed by atoms with Crippen LogP contribution in [0.5, 0.6) is 0 Å². The molecule has 0 radical (unpaired) electrons. The number of hydrogen-bond donors (Lipinski definition) is 2. The molecule has 1 aromatic heterocycles. The Morgan fingerprint density at radius 2 is 1.90 bits per heavy atom. The largest absolute Gasteiger partial charge is 0.344 e. The first kappa shape index (κ1) is 21.9. The van der Waals surface area contributed by atoms with Crippen LogP contribution in [0.1, 0.15) is 42.7 Å². The molecule has 10 heteroatoms. The second-order valence-electron chi connectivity index (χ2n) is 6.56. The molecule has 1 amide bonds. The number of aromatic nitrogens is 2. The van der Waals surface area contributed by atoms with E-state index in [-0.39, 0.29) is 9.92 Å². The molecular formula is C20H21ClN4O4S. The molecule has 2 unspecified atom stereocenters. The SMILES string of the molecule is CCC(NC(=O)C(NS(=O)(=O)c1cccc(Cl)c1)c1ccccc1)c1noc(C)n1. The smallest absolute Gasteiger partial charge is 0.243 e. The lowest BCUT2D eigenvalue weighted by Gasteiger charge is -2.21. The monoisotopic (exact) mass is 448 g/mol. The standard InChI is InChI=1S/C20H21ClN4O4S/c1-3-17(19-22-13(2)29-24-19)23-20(26)18(14-8-5-4-6-9-14)25-30(27,28)16-11-7-10-15(21)12-16/h4-12,17-18,25H,3H2,1-2H3,(H,23,26). The Balaban J connectivity index is 1.90. The molecule has 0 aliphatic heterocycles. The zero-order valence-corrected chi connectivity index (χ0v) is 17.9. The predicted octanol–water partition coefficient (Wildman–Crippen LogP) is 3.32. The van der Waals surface area contributed by atoms with Crippen molar-refractivity contribution in [3.05, 3.63) is 76.9 Å². The number of rotatable bonds is 8. The molecular weight excluding hydrogens is 428 g/mol. The minimum Gasteiger partial charge on any atom is -0.344 e. The highest BCUT2D eigenvalue weighted by Gasteiger charge is 2.29. The summed E-state index contributed by atoms with van der Waals surface area (Å²) in [6, 6.07) is 12.7. The molecule has 0 aliphatic carbocycles. The average molecular weight is 449 g/mol. The Kier molecular flexibility index (Phi) is 6.86. The van der Waals surface area contributed by atoms with Gasteiger partial charge in [0.05, 0.1) is 10.9 Å². The quantitative estimate of drug-likeness (QED) is 0.546. The van der Waals surface area contributed by atoms with Gasteiger partial charge in [-0.3, -0.25) is 4.79 Å². The Bertz CT molecular complexity index is 1120. The van der Waals surface area contributed by atoms with Crippen molar-refractivity contribution in [3.63, 3.8) is 0 Å². The summed E-state index contributed by atoms with van der Waals surface area (Å²) >= 11 is 5.93. The van der Waals surface area contributed by atoms with Gasteiger partial charge in [0.15, 0.2) is 5.82 Å². The van der Waals surface area contributed by atoms with Gasteiger partial charge in [0.2, 0.25) is 21.8 Å². The minimum atomic E-state index is -4.02. The van der Waals surface area contributed by atoms with E-state index in [9.17, 15) is 13.2 Å². The second kappa shape index (κ2) is 9.38.